The van der Waals surface area contributed by atoms with Crippen molar-refractivity contribution < 1.29 is 14.3 Å². The van der Waals surface area contributed by atoms with Crippen molar-refractivity contribution in [1.29, 1.82) is 0 Å². The Morgan fingerprint density at radius 2 is 1.66 bits per heavy atom. The molecule has 0 bridgehead atoms. The molecule has 0 saturated carbocycles. The van der Waals surface area contributed by atoms with E-state index in [0.717, 1.165) is 35.7 Å². The van der Waals surface area contributed by atoms with E-state index in [1.807, 2.05) is 48.5 Å². The lowest BCUT2D eigenvalue weighted by atomic mass is 10.2. The van der Waals surface area contributed by atoms with Crippen LogP contribution in [0.3, 0.4) is 0 Å². The summed E-state index contributed by atoms with van der Waals surface area (Å²) in [6, 6.07) is 18.7. The molecule has 5 rings (SSSR count). The van der Waals surface area contributed by atoms with Gasteiger partial charge in [-0.3, -0.25) is 9.78 Å². The molecule has 1 unspecified atom stereocenters. The molecule has 1 aliphatic heterocycles. The summed E-state index contributed by atoms with van der Waals surface area (Å²) in [7, 11) is 0. The van der Waals surface area contributed by atoms with Crippen molar-refractivity contribution in [3.63, 3.8) is 0 Å². The summed E-state index contributed by atoms with van der Waals surface area (Å²) < 4.78 is 12.0. The normalized spacial score (nSPS) is 16.2. The van der Waals surface area contributed by atoms with Gasteiger partial charge in [0.05, 0.1) is 10.9 Å². The molecule has 7 nitrogen and oxygen atoms in total. The number of hydrogen-bond donors (Lipinski definition) is 1. The van der Waals surface area contributed by atoms with Gasteiger partial charge in [0.1, 0.15) is 11.5 Å². The van der Waals surface area contributed by atoms with Gasteiger partial charge in [0.25, 0.3) is 5.91 Å². The molecular weight excluding hydrogens is 404 g/mol. The first-order valence-corrected chi connectivity index (χ1v) is 10.7. The van der Waals surface area contributed by atoms with Gasteiger partial charge in [-0.15, -0.1) is 0 Å². The maximum atomic E-state index is 12.1. The average molecular weight is 426 g/mol. The predicted molar refractivity (Wildman–Crippen MR) is 121 cm³/mol. The number of rotatable bonds is 5. The number of aromatic nitrogens is 3. The molecule has 1 aliphatic rings. The summed E-state index contributed by atoms with van der Waals surface area (Å²) in [6.45, 7) is 0.708. The molecule has 0 aliphatic carbocycles. The maximum Gasteiger partial charge on any atom is 0.261 e. The Morgan fingerprint density at radius 1 is 0.875 bits per heavy atom. The summed E-state index contributed by atoms with van der Waals surface area (Å²) in [4.78, 5) is 25.5. The molecule has 1 saturated heterocycles. The van der Waals surface area contributed by atoms with Crippen molar-refractivity contribution in [2.24, 2.45) is 0 Å². The highest BCUT2D eigenvalue weighted by atomic mass is 16.5. The third-order valence-corrected chi connectivity index (χ3v) is 5.31. The van der Waals surface area contributed by atoms with E-state index in [-0.39, 0.29) is 5.91 Å². The van der Waals surface area contributed by atoms with E-state index < -0.39 is 6.10 Å². The second kappa shape index (κ2) is 9.01. The van der Waals surface area contributed by atoms with Gasteiger partial charge in [0, 0.05) is 24.5 Å². The number of carbonyl (C=O) groups is 1. The van der Waals surface area contributed by atoms with Gasteiger partial charge >= 0.3 is 0 Å². The Kier molecular flexibility index (Phi) is 5.61. The topological polar surface area (TPSA) is 86.2 Å². The van der Waals surface area contributed by atoms with Crippen LogP contribution in [-0.4, -0.2) is 33.5 Å². The Labute approximate surface area is 185 Å². The Hall–Kier alpha value is -4.00. The van der Waals surface area contributed by atoms with Crippen LogP contribution in [0.25, 0.3) is 22.3 Å². The molecule has 0 spiro atoms. The first-order chi connectivity index (χ1) is 15.8. The summed E-state index contributed by atoms with van der Waals surface area (Å²) in [5.74, 6) is 2.23. The number of nitrogens with one attached hydrogen (secondary N) is 1. The minimum atomic E-state index is -0.460. The molecule has 4 aromatic rings. The first-order valence-electron chi connectivity index (χ1n) is 10.7. The van der Waals surface area contributed by atoms with Gasteiger partial charge in [0.2, 0.25) is 5.88 Å². The Bertz CT molecular complexity index is 1230. The molecule has 0 radical (unpaired) electrons. The van der Waals surface area contributed by atoms with Gasteiger partial charge < -0.3 is 14.8 Å². The molecule has 7 heteroatoms. The largest absolute Gasteiger partial charge is 0.481 e. The number of hydrogen-bond acceptors (Lipinski definition) is 6. The summed E-state index contributed by atoms with van der Waals surface area (Å²) in [6.07, 6.45) is 5.62. The van der Waals surface area contributed by atoms with Crippen LogP contribution in [0.4, 0.5) is 0 Å². The SMILES string of the molecule is O=C1NCCCCC1Oc1ccc(Oc2nc(-c3ccncc3)nc3ccccc23)cc1. The van der Waals surface area contributed by atoms with Crippen molar-refractivity contribution >= 4 is 16.8 Å². The van der Waals surface area contributed by atoms with E-state index >= 15 is 0 Å². The number of nitrogens with zero attached hydrogens (tertiary/aromatic N) is 3. The maximum absolute atomic E-state index is 12.1. The highest BCUT2D eigenvalue weighted by Gasteiger charge is 2.22. The third-order valence-electron chi connectivity index (χ3n) is 5.31. The summed E-state index contributed by atoms with van der Waals surface area (Å²) in [5, 5.41) is 3.71. The van der Waals surface area contributed by atoms with Crippen molar-refractivity contribution in [2.45, 2.75) is 25.4 Å². The molecule has 3 heterocycles. The second-order valence-corrected chi connectivity index (χ2v) is 7.57. The zero-order chi connectivity index (χ0) is 21.8. The number of benzene rings is 2. The van der Waals surface area contributed by atoms with Crippen molar-refractivity contribution in [1.82, 2.24) is 20.3 Å². The van der Waals surface area contributed by atoms with Crippen LogP contribution in [0, 0.1) is 0 Å². The molecular formula is C25H22N4O3. The van der Waals surface area contributed by atoms with Crippen LogP contribution < -0.4 is 14.8 Å². The van der Waals surface area contributed by atoms with Crippen molar-refractivity contribution in [2.75, 3.05) is 6.54 Å². The molecule has 2 aromatic heterocycles. The number of carbonyl (C=O) groups excluding carboxylic acids is 1. The third kappa shape index (κ3) is 4.37. The number of fused-ring (bicyclic) bond motifs is 1. The van der Waals surface area contributed by atoms with Gasteiger partial charge in [-0.25, -0.2) is 4.98 Å². The fourth-order valence-corrected chi connectivity index (χ4v) is 3.64. The van der Waals surface area contributed by atoms with E-state index in [0.29, 0.717) is 29.7 Å². The minimum absolute atomic E-state index is 0.0566. The van der Waals surface area contributed by atoms with Crippen LogP contribution in [0.1, 0.15) is 19.3 Å². The molecule has 2 aromatic carbocycles. The number of pyridine rings is 1. The van der Waals surface area contributed by atoms with E-state index in [1.54, 1.807) is 24.5 Å². The first kappa shape index (κ1) is 19.9. The average Bonchev–Trinajstić information content (AvgIpc) is 3.04. The zero-order valence-corrected chi connectivity index (χ0v) is 17.4. The van der Waals surface area contributed by atoms with Crippen LogP contribution in [0.15, 0.2) is 73.1 Å². The van der Waals surface area contributed by atoms with E-state index in [2.05, 4.69) is 20.3 Å². The predicted octanol–water partition coefficient (Wildman–Crippen LogP) is 4.53. The minimum Gasteiger partial charge on any atom is -0.481 e. The van der Waals surface area contributed by atoms with Crippen LogP contribution in [0.2, 0.25) is 0 Å². The summed E-state index contributed by atoms with van der Waals surface area (Å²) >= 11 is 0. The Morgan fingerprint density at radius 3 is 2.50 bits per heavy atom. The van der Waals surface area contributed by atoms with E-state index in [4.69, 9.17) is 9.47 Å². The molecule has 32 heavy (non-hydrogen) atoms. The quantitative estimate of drug-likeness (QED) is 0.505. The fraction of sp³-hybridized carbons (Fsp3) is 0.200. The molecule has 160 valence electrons. The number of ether oxygens (including phenoxy) is 2. The highest BCUT2D eigenvalue weighted by molar-refractivity contribution is 5.85. The lowest BCUT2D eigenvalue weighted by Crippen LogP contribution is -2.36. The van der Waals surface area contributed by atoms with Crippen molar-refractivity contribution in [3.8, 4) is 28.8 Å². The lowest BCUT2D eigenvalue weighted by Gasteiger charge is -2.16. The lowest BCUT2D eigenvalue weighted by molar-refractivity contribution is -0.127. The van der Waals surface area contributed by atoms with Crippen LogP contribution in [0.5, 0.6) is 17.4 Å². The molecule has 1 fully saturated rings. The smallest absolute Gasteiger partial charge is 0.261 e. The number of amides is 1. The molecule has 1 atom stereocenters. The number of para-hydroxylation sites is 1. The van der Waals surface area contributed by atoms with Gasteiger partial charge in [-0.1, -0.05) is 12.1 Å². The standard InChI is InChI=1S/C25H22N4O3/c30-24-22(7-3-4-14-27-24)31-18-8-10-19(11-9-18)32-25-20-5-1-2-6-21(20)28-23(29-25)17-12-15-26-16-13-17/h1-2,5-6,8-13,15-16,22H,3-4,7,14H2,(H,27,30). The van der Waals surface area contributed by atoms with Crippen LogP contribution in [-0.2, 0) is 4.79 Å². The zero-order valence-electron chi connectivity index (χ0n) is 17.4. The van der Waals surface area contributed by atoms with Gasteiger partial charge in [-0.2, -0.15) is 4.98 Å². The van der Waals surface area contributed by atoms with Crippen LogP contribution >= 0.6 is 0 Å². The molecule has 1 N–H and O–H groups in total. The monoisotopic (exact) mass is 426 g/mol. The fourth-order valence-electron chi connectivity index (χ4n) is 3.64. The summed E-state index contributed by atoms with van der Waals surface area (Å²) in [5.41, 5.74) is 1.66. The van der Waals surface area contributed by atoms with E-state index in [1.165, 1.54) is 0 Å². The second-order valence-electron chi connectivity index (χ2n) is 7.57. The van der Waals surface area contributed by atoms with Gasteiger partial charge in [0.15, 0.2) is 11.9 Å². The Balaban J connectivity index is 1.40. The van der Waals surface area contributed by atoms with Crippen molar-refractivity contribution in [3.05, 3.63) is 73.1 Å². The molecule has 1 amide bonds. The van der Waals surface area contributed by atoms with E-state index in [9.17, 15) is 4.79 Å². The highest BCUT2D eigenvalue weighted by Crippen LogP contribution is 2.31. The van der Waals surface area contributed by atoms with Gasteiger partial charge in [-0.05, 0) is 67.8 Å².